The van der Waals surface area contributed by atoms with Gasteiger partial charge in [-0.15, -0.1) is 0 Å². The van der Waals surface area contributed by atoms with Crippen molar-refractivity contribution in [3.63, 3.8) is 0 Å². The van der Waals surface area contributed by atoms with Gasteiger partial charge in [0.05, 0.1) is 6.10 Å². The van der Waals surface area contributed by atoms with Crippen molar-refractivity contribution in [2.75, 3.05) is 13.2 Å². The Labute approximate surface area is 107 Å². The van der Waals surface area contributed by atoms with Crippen LogP contribution in [0.2, 0.25) is 0 Å². The minimum absolute atomic E-state index is 0.297. The van der Waals surface area contributed by atoms with Gasteiger partial charge in [-0.1, -0.05) is 6.07 Å². The van der Waals surface area contributed by atoms with Gasteiger partial charge in [-0.2, -0.15) is 0 Å². The fourth-order valence-electron chi connectivity index (χ4n) is 2.19. The first-order chi connectivity index (χ1) is 8.75. The van der Waals surface area contributed by atoms with Crippen molar-refractivity contribution >= 4 is 0 Å². The number of phenolic OH excluding ortho intramolecular Hbond substituents is 1. The van der Waals surface area contributed by atoms with E-state index >= 15 is 0 Å². The molecule has 0 saturated carbocycles. The Morgan fingerprint density at radius 1 is 1.39 bits per heavy atom. The first kappa shape index (κ1) is 13.3. The SMILES string of the molecule is Oc1ccc(CNCCC2CCCCO2)cc1F. The molecular formula is C14H20FNO2. The molecule has 18 heavy (non-hydrogen) atoms. The fraction of sp³-hybridized carbons (Fsp3) is 0.571. The van der Waals surface area contributed by atoms with Crippen molar-refractivity contribution in [2.24, 2.45) is 0 Å². The second kappa shape index (κ2) is 6.71. The van der Waals surface area contributed by atoms with E-state index in [0.29, 0.717) is 12.6 Å². The van der Waals surface area contributed by atoms with Crippen molar-refractivity contribution in [3.8, 4) is 5.75 Å². The molecule has 1 unspecified atom stereocenters. The third-order valence-electron chi connectivity index (χ3n) is 3.26. The fourth-order valence-corrected chi connectivity index (χ4v) is 2.19. The first-order valence-corrected chi connectivity index (χ1v) is 6.55. The molecule has 100 valence electrons. The Morgan fingerprint density at radius 3 is 3.00 bits per heavy atom. The quantitative estimate of drug-likeness (QED) is 0.792. The number of benzene rings is 1. The smallest absolute Gasteiger partial charge is 0.165 e. The average molecular weight is 253 g/mol. The monoisotopic (exact) mass is 253 g/mol. The van der Waals surface area contributed by atoms with E-state index in [2.05, 4.69) is 5.32 Å². The van der Waals surface area contributed by atoms with Gasteiger partial charge in [-0.05, 0) is 49.9 Å². The van der Waals surface area contributed by atoms with E-state index in [-0.39, 0.29) is 5.75 Å². The first-order valence-electron chi connectivity index (χ1n) is 6.55. The zero-order chi connectivity index (χ0) is 12.8. The molecule has 1 aromatic carbocycles. The van der Waals surface area contributed by atoms with Gasteiger partial charge < -0.3 is 15.2 Å². The molecular weight excluding hydrogens is 233 g/mol. The maximum Gasteiger partial charge on any atom is 0.165 e. The minimum atomic E-state index is -0.565. The van der Waals surface area contributed by atoms with Gasteiger partial charge in [-0.25, -0.2) is 4.39 Å². The summed E-state index contributed by atoms with van der Waals surface area (Å²) >= 11 is 0. The van der Waals surface area contributed by atoms with Crippen molar-refractivity contribution in [1.82, 2.24) is 5.32 Å². The summed E-state index contributed by atoms with van der Waals surface area (Å²) in [7, 11) is 0. The van der Waals surface area contributed by atoms with E-state index in [1.165, 1.54) is 25.0 Å². The highest BCUT2D eigenvalue weighted by Gasteiger charge is 2.12. The Kier molecular flexibility index (Phi) is 4.96. The van der Waals surface area contributed by atoms with Crippen molar-refractivity contribution in [2.45, 2.75) is 38.3 Å². The summed E-state index contributed by atoms with van der Waals surface area (Å²) in [6.07, 6.45) is 4.96. The van der Waals surface area contributed by atoms with Crippen LogP contribution in [0.5, 0.6) is 5.75 Å². The highest BCUT2D eigenvalue weighted by molar-refractivity contribution is 5.27. The Bertz CT molecular complexity index is 378. The van der Waals surface area contributed by atoms with E-state index in [1.807, 2.05) is 0 Å². The third-order valence-corrected chi connectivity index (χ3v) is 3.26. The molecule has 0 amide bonds. The standard InChI is InChI=1S/C14H20FNO2/c15-13-9-11(4-5-14(13)17)10-16-7-6-12-3-1-2-8-18-12/h4-5,9,12,16-17H,1-3,6-8,10H2. The lowest BCUT2D eigenvalue weighted by molar-refractivity contribution is 0.0115. The van der Waals surface area contributed by atoms with Crippen molar-refractivity contribution in [1.29, 1.82) is 0 Å². The second-order valence-corrected chi connectivity index (χ2v) is 4.74. The molecule has 0 radical (unpaired) electrons. The van der Waals surface area contributed by atoms with E-state index in [0.717, 1.165) is 31.6 Å². The molecule has 0 aliphatic carbocycles. The number of rotatable bonds is 5. The van der Waals surface area contributed by atoms with E-state index in [4.69, 9.17) is 9.84 Å². The van der Waals surface area contributed by atoms with E-state index in [9.17, 15) is 4.39 Å². The molecule has 4 heteroatoms. The third kappa shape index (κ3) is 3.96. The number of hydrogen-bond acceptors (Lipinski definition) is 3. The zero-order valence-corrected chi connectivity index (χ0v) is 10.5. The topological polar surface area (TPSA) is 41.5 Å². The maximum atomic E-state index is 13.1. The Balaban J connectivity index is 1.66. The van der Waals surface area contributed by atoms with Crippen LogP contribution in [0, 0.1) is 5.82 Å². The molecule has 1 aliphatic rings. The number of halogens is 1. The molecule has 2 N–H and O–H groups in total. The van der Waals surface area contributed by atoms with Gasteiger partial charge in [0.1, 0.15) is 0 Å². The van der Waals surface area contributed by atoms with Crippen LogP contribution in [0.15, 0.2) is 18.2 Å². The second-order valence-electron chi connectivity index (χ2n) is 4.74. The van der Waals surface area contributed by atoms with Crippen LogP contribution in [-0.2, 0) is 11.3 Å². The summed E-state index contributed by atoms with van der Waals surface area (Å²) in [6, 6.07) is 4.47. The molecule has 1 atom stereocenters. The van der Waals surface area contributed by atoms with Gasteiger partial charge in [0.15, 0.2) is 11.6 Å². The summed E-state index contributed by atoms with van der Waals surface area (Å²) in [5.41, 5.74) is 0.842. The lowest BCUT2D eigenvalue weighted by Gasteiger charge is -2.22. The van der Waals surface area contributed by atoms with Gasteiger partial charge in [-0.3, -0.25) is 0 Å². The van der Waals surface area contributed by atoms with E-state index < -0.39 is 5.82 Å². The lowest BCUT2D eigenvalue weighted by atomic mass is 10.1. The molecule has 1 aliphatic heterocycles. The van der Waals surface area contributed by atoms with Gasteiger partial charge >= 0.3 is 0 Å². The Morgan fingerprint density at radius 2 is 2.28 bits per heavy atom. The maximum absolute atomic E-state index is 13.1. The van der Waals surface area contributed by atoms with Crippen LogP contribution in [0.3, 0.4) is 0 Å². The minimum Gasteiger partial charge on any atom is -0.505 e. The zero-order valence-electron chi connectivity index (χ0n) is 10.5. The summed E-state index contributed by atoms with van der Waals surface area (Å²) in [5, 5.41) is 12.3. The normalized spacial score (nSPS) is 19.9. The lowest BCUT2D eigenvalue weighted by Crippen LogP contribution is -2.25. The number of aromatic hydroxyl groups is 1. The molecule has 1 aromatic rings. The molecule has 0 aromatic heterocycles. The van der Waals surface area contributed by atoms with Gasteiger partial charge in [0, 0.05) is 13.2 Å². The summed E-state index contributed by atoms with van der Waals surface area (Å²) in [4.78, 5) is 0. The molecule has 1 fully saturated rings. The highest BCUT2D eigenvalue weighted by atomic mass is 19.1. The molecule has 1 heterocycles. The average Bonchev–Trinajstić information content (AvgIpc) is 2.40. The van der Waals surface area contributed by atoms with Crippen LogP contribution >= 0.6 is 0 Å². The van der Waals surface area contributed by atoms with Gasteiger partial charge in [0.25, 0.3) is 0 Å². The Hall–Kier alpha value is -1.13. The number of phenols is 1. The van der Waals surface area contributed by atoms with Crippen LogP contribution in [0.25, 0.3) is 0 Å². The molecule has 1 saturated heterocycles. The van der Waals surface area contributed by atoms with Crippen LogP contribution in [-0.4, -0.2) is 24.4 Å². The molecule has 0 spiro atoms. The largest absolute Gasteiger partial charge is 0.505 e. The van der Waals surface area contributed by atoms with Crippen molar-refractivity contribution in [3.05, 3.63) is 29.6 Å². The summed E-state index contributed by atoms with van der Waals surface area (Å²) in [6.45, 7) is 2.37. The summed E-state index contributed by atoms with van der Waals surface area (Å²) < 4.78 is 18.7. The summed E-state index contributed by atoms with van der Waals surface area (Å²) in [5.74, 6) is -0.862. The predicted octanol–water partition coefficient (Wildman–Crippen LogP) is 2.58. The number of ether oxygens (including phenoxy) is 1. The predicted molar refractivity (Wildman–Crippen MR) is 68.0 cm³/mol. The molecule has 3 nitrogen and oxygen atoms in total. The highest BCUT2D eigenvalue weighted by Crippen LogP contribution is 2.16. The number of nitrogens with one attached hydrogen (secondary N) is 1. The van der Waals surface area contributed by atoms with E-state index in [1.54, 1.807) is 6.07 Å². The molecule has 2 rings (SSSR count). The molecule has 0 bridgehead atoms. The van der Waals surface area contributed by atoms with Crippen LogP contribution < -0.4 is 5.32 Å². The van der Waals surface area contributed by atoms with Gasteiger partial charge in [0.2, 0.25) is 0 Å². The van der Waals surface area contributed by atoms with Crippen molar-refractivity contribution < 1.29 is 14.2 Å². The number of hydrogen-bond donors (Lipinski definition) is 2. The van der Waals surface area contributed by atoms with Crippen LogP contribution in [0.1, 0.15) is 31.2 Å². The van der Waals surface area contributed by atoms with Crippen LogP contribution in [0.4, 0.5) is 4.39 Å².